The number of anilines is 1. The first kappa shape index (κ1) is 35.4. The SMILES string of the molecule is Bc1c(B)c(B)c(-c2nc(-c3ccccc3)nc(-n3c4ccccc4c4cc(-c5ccccc5)c(N(C)C5C=CC(c6ccccc6)=CC5)cc43)n2)c(B)c1B. The van der Waals surface area contributed by atoms with Crippen molar-refractivity contribution in [3.05, 3.63) is 151 Å². The smallest absolute Gasteiger partial charge is 0.238 e. The third-order valence-corrected chi connectivity index (χ3v) is 12.0. The Hall–Kier alpha value is -6.27. The molecule has 1 atom stereocenters. The maximum absolute atomic E-state index is 5.40. The summed E-state index contributed by atoms with van der Waals surface area (Å²) in [6.07, 6.45) is 7.88. The van der Waals surface area contributed by atoms with Crippen LogP contribution in [0.2, 0.25) is 0 Å². The Kier molecular flexibility index (Phi) is 9.13. The monoisotopic (exact) mass is 717 g/mol. The van der Waals surface area contributed by atoms with Gasteiger partial charge in [-0.15, -0.1) is 16.4 Å². The standard InChI is InChI=1S/C46H40B5N5/c1-55(31-23-21-28(22-24-31)27-13-5-2-6-14-27)36-26-37-34(25-33(36)29-15-7-3-8-16-29)32-19-11-12-20-35(32)56(37)46-53-44(30-17-9-4-10-18-30)52-45(54-46)38-39(47)41(49)43(51)42(50)40(38)48/h2-23,25-26,31H,24,47-51H2,1H3. The molecule has 0 fully saturated rings. The summed E-state index contributed by atoms with van der Waals surface area (Å²) in [4.78, 5) is 18.3. The fourth-order valence-electron chi connectivity index (χ4n) is 8.41. The van der Waals surface area contributed by atoms with Crippen LogP contribution in [0, 0.1) is 0 Å². The molecule has 2 aromatic heterocycles. The van der Waals surface area contributed by atoms with Crippen molar-refractivity contribution < 1.29 is 0 Å². The number of rotatable bonds is 7. The normalized spacial score (nSPS) is 13.9. The van der Waals surface area contributed by atoms with Gasteiger partial charge in [-0.05, 0) is 41.3 Å². The van der Waals surface area contributed by atoms with Gasteiger partial charge in [-0.25, -0.2) is 4.98 Å². The van der Waals surface area contributed by atoms with E-state index in [1.54, 1.807) is 0 Å². The van der Waals surface area contributed by atoms with Crippen molar-refractivity contribution in [3.63, 3.8) is 0 Å². The van der Waals surface area contributed by atoms with E-state index in [1.807, 2.05) is 18.2 Å². The molecule has 0 aliphatic heterocycles. The van der Waals surface area contributed by atoms with Crippen LogP contribution < -0.4 is 32.2 Å². The van der Waals surface area contributed by atoms with Crippen molar-refractivity contribution in [1.82, 2.24) is 19.5 Å². The molecule has 0 radical (unpaired) electrons. The zero-order valence-corrected chi connectivity index (χ0v) is 32.9. The minimum absolute atomic E-state index is 0.174. The van der Waals surface area contributed by atoms with E-state index >= 15 is 0 Å². The highest BCUT2D eigenvalue weighted by molar-refractivity contribution is 6.68. The first-order valence-electron chi connectivity index (χ1n) is 19.5. The first-order valence-corrected chi connectivity index (χ1v) is 19.5. The van der Waals surface area contributed by atoms with Crippen molar-refractivity contribution in [3.8, 4) is 39.9 Å². The molecule has 0 N–H and O–H groups in total. The number of nitrogens with zero attached hydrogens (tertiary/aromatic N) is 5. The second-order valence-electron chi connectivity index (χ2n) is 15.1. The van der Waals surface area contributed by atoms with Crippen LogP contribution in [0.15, 0.2) is 146 Å². The second kappa shape index (κ2) is 14.4. The molecular weight excluding hydrogens is 677 g/mol. The summed E-state index contributed by atoms with van der Waals surface area (Å²) in [5.41, 5.74) is 16.4. The van der Waals surface area contributed by atoms with Gasteiger partial charge < -0.3 is 4.90 Å². The van der Waals surface area contributed by atoms with Gasteiger partial charge in [-0.3, -0.25) is 4.57 Å². The lowest BCUT2D eigenvalue weighted by Crippen LogP contribution is -2.55. The van der Waals surface area contributed by atoms with Crippen molar-refractivity contribution in [2.75, 3.05) is 11.9 Å². The fourth-order valence-corrected chi connectivity index (χ4v) is 8.41. The van der Waals surface area contributed by atoms with Gasteiger partial charge in [-0.2, -0.15) is 9.97 Å². The number of likely N-dealkylation sites (N-methyl/N-ethyl adjacent to an activating group) is 1. The van der Waals surface area contributed by atoms with Crippen LogP contribution in [0.1, 0.15) is 12.0 Å². The highest BCUT2D eigenvalue weighted by Gasteiger charge is 2.25. The lowest BCUT2D eigenvalue weighted by atomic mass is 9.60. The highest BCUT2D eigenvalue weighted by atomic mass is 15.2. The largest absolute Gasteiger partial charge is 0.367 e. The molecule has 0 amide bonds. The molecule has 0 bridgehead atoms. The molecule has 10 heteroatoms. The minimum atomic E-state index is 0.174. The molecule has 56 heavy (non-hydrogen) atoms. The Bertz CT molecular complexity index is 2830. The average molecular weight is 717 g/mol. The quantitative estimate of drug-likeness (QED) is 0.238. The van der Waals surface area contributed by atoms with E-state index in [1.165, 1.54) is 49.6 Å². The molecule has 5 nitrogen and oxygen atoms in total. The van der Waals surface area contributed by atoms with Gasteiger partial charge in [0.05, 0.1) is 17.1 Å². The van der Waals surface area contributed by atoms with Crippen molar-refractivity contribution >= 4 is 99.6 Å². The molecule has 6 aromatic carbocycles. The van der Waals surface area contributed by atoms with Crippen LogP contribution in [0.5, 0.6) is 0 Å². The summed E-state index contributed by atoms with van der Waals surface area (Å²) in [5, 5.41) is 2.30. The Labute approximate surface area is 333 Å². The van der Waals surface area contributed by atoms with E-state index in [0.29, 0.717) is 17.6 Å². The van der Waals surface area contributed by atoms with Crippen LogP contribution in [0.3, 0.4) is 0 Å². The minimum Gasteiger partial charge on any atom is -0.367 e. The molecule has 0 saturated heterocycles. The van der Waals surface area contributed by atoms with E-state index < -0.39 is 0 Å². The molecular formula is C46H40B5N5. The average Bonchev–Trinajstić information content (AvgIpc) is 3.58. The zero-order valence-electron chi connectivity index (χ0n) is 32.9. The van der Waals surface area contributed by atoms with Crippen LogP contribution in [-0.2, 0) is 0 Å². The molecule has 0 spiro atoms. The van der Waals surface area contributed by atoms with Gasteiger partial charge in [-0.1, -0.05) is 138 Å². The Morgan fingerprint density at radius 2 is 1.14 bits per heavy atom. The highest BCUT2D eigenvalue weighted by Crippen LogP contribution is 2.41. The van der Waals surface area contributed by atoms with Crippen molar-refractivity contribution in [2.24, 2.45) is 0 Å². The summed E-state index contributed by atoms with van der Waals surface area (Å²) < 4.78 is 2.25. The first-order chi connectivity index (χ1) is 27.3. The van der Waals surface area contributed by atoms with Crippen LogP contribution in [0.25, 0.3) is 67.2 Å². The zero-order chi connectivity index (χ0) is 38.5. The summed E-state index contributed by atoms with van der Waals surface area (Å²) in [6, 6.07) is 45.2. The van der Waals surface area contributed by atoms with Gasteiger partial charge in [0.15, 0.2) is 11.6 Å². The second-order valence-corrected chi connectivity index (χ2v) is 15.1. The maximum Gasteiger partial charge on any atom is 0.238 e. The number of benzene rings is 6. The lowest BCUT2D eigenvalue weighted by molar-refractivity contribution is 0.756. The summed E-state index contributed by atoms with van der Waals surface area (Å²) in [7, 11) is 13.2. The predicted molar refractivity (Wildman–Crippen MR) is 252 cm³/mol. The van der Waals surface area contributed by atoms with E-state index in [2.05, 4.69) is 183 Å². The number of para-hydroxylation sites is 1. The summed E-state index contributed by atoms with van der Waals surface area (Å²) in [6.45, 7) is 0. The van der Waals surface area contributed by atoms with E-state index in [0.717, 1.165) is 45.0 Å². The van der Waals surface area contributed by atoms with Crippen molar-refractivity contribution in [2.45, 2.75) is 12.5 Å². The number of hydrogen-bond acceptors (Lipinski definition) is 4. The molecule has 2 heterocycles. The number of allylic oxidation sites excluding steroid dienone is 2. The number of hydrogen-bond donors (Lipinski definition) is 0. The third kappa shape index (κ3) is 6.10. The molecule has 1 unspecified atom stereocenters. The fraction of sp³-hybridized carbons (Fsp3) is 0.0652. The molecule has 264 valence electrons. The molecule has 9 rings (SSSR count). The Morgan fingerprint density at radius 1 is 0.571 bits per heavy atom. The Balaban J connectivity index is 1.29. The van der Waals surface area contributed by atoms with Crippen LogP contribution in [0.4, 0.5) is 5.69 Å². The van der Waals surface area contributed by atoms with Crippen molar-refractivity contribution in [1.29, 1.82) is 0 Å². The van der Waals surface area contributed by atoms with Gasteiger partial charge in [0.2, 0.25) is 5.95 Å². The summed E-state index contributed by atoms with van der Waals surface area (Å²) in [5.74, 6) is 1.94. The van der Waals surface area contributed by atoms with E-state index in [9.17, 15) is 0 Å². The number of fused-ring (bicyclic) bond motifs is 3. The predicted octanol–water partition coefficient (Wildman–Crippen LogP) is 2.11. The molecule has 1 aliphatic carbocycles. The summed E-state index contributed by atoms with van der Waals surface area (Å²) >= 11 is 0. The van der Waals surface area contributed by atoms with Gasteiger partial charge in [0, 0.05) is 40.2 Å². The number of aromatic nitrogens is 4. The lowest BCUT2D eigenvalue weighted by Gasteiger charge is -2.31. The van der Waals surface area contributed by atoms with Crippen LogP contribution >= 0.6 is 0 Å². The maximum atomic E-state index is 5.40. The third-order valence-electron chi connectivity index (χ3n) is 12.0. The van der Waals surface area contributed by atoms with Gasteiger partial charge >= 0.3 is 0 Å². The van der Waals surface area contributed by atoms with Gasteiger partial charge in [0.25, 0.3) is 0 Å². The Morgan fingerprint density at radius 3 is 1.79 bits per heavy atom. The molecule has 0 saturated carbocycles. The molecule has 8 aromatic rings. The molecule has 1 aliphatic rings. The van der Waals surface area contributed by atoms with E-state index in [-0.39, 0.29) is 6.04 Å². The topological polar surface area (TPSA) is 46.8 Å². The van der Waals surface area contributed by atoms with Crippen LogP contribution in [-0.4, -0.2) is 71.8 Å². The van der Waals surface area contributed by atoms with Gasteiger partial charge in [0.1, 0.15) is 39.2 Å². The van der Waals surface area contributed by atoms with E-state index in [4.69, 9.17) is 15.0 Å².